The minimum Gasteiger partial charge on any atom is -0.459 e. The third-order valence-corrected chi connectivity index (χ3v) is 4.39. The quantitative estimate of drug-likeness (QED) is 0.631. The number of hydrogen-bond donors (Lipinski definition) is 2. The zero-order chi connectivity index (χ0) is 18.4. The van der Waals surface area contributed by atoms with Crippen molar-refractivity contribution in [3.8, 4) is 0 Å². The Morgan fingerprint density at radius 1 is 0.962 bits per heavy atom. The standard InChI is InChI=1S/C19H15FN2O3S/c20-15-4-1-2-5-16(15)22-18(23)12-26-14-9-7-13(8-10-14)21-19(24)17-6-3-11-25-17/h1-11H,12H2,(H,21,24)(H,22,23). The van der Waals surface area contributed by atoms with E-state index < -0.39 is 5.82 Å². The van der Waals surface area contributed by atoms with Gasteiger partial charge in [0.2, 0.25) is 5.91 Å². The second-order valence-corrected chi connectivity index (χ2v) is 6.32. The van der Waals surface area contributed by atoms with Crippen LogP contribution in [0.3, 0.4) is 0 Å². The number of furan rings is 1. The van der Waals surface area contributed by atoms with E-state index in [2.05, 4.69) is 10.6 Å². The summed E-state index contributed by atoms with van der Waals surface area (Å²) in [4.78, 5) is 24.6. The number of hydrogen-bond acceptors (Lipinski definition) is 4. The Kier molecular flexibility index (Phi) is 5.70. The molecular weight excluding hydrogens is 355 g/mol. The number of amides is 2. The zero-order valence-corrected chi connectivity index (χ0v) is 14.4. The number of nitrogens with one attached hydrogen (secondary N) is 2. The normalized spacial score (nSPS) is 10.3. The first-order valence-electron chi connectivity index (χ1n) is 7.74. The molecule has 0 spiro atoms. The lowest BCUT2D eigenvalue weighted by atomic mass is 10.3. The average molecular weight is 370 g/mol. The maximum Gasteiger partial charge on any atom is 0.291 e. The lowest BCUT2D eigenvalue weighted by Gasteiger charge is -2.07. The second-order valence-electron chi connectivity index (χ2n) is 5.27. The number of halogens is 1. The van der Waals surface area contributed by atoms with Crippen LogP contribution in [0.5, 0.6) is 0 Å². The molecule has 1 heterocycles. The molecule has 0 bridgehead atoms. The van der Waals surface area contributed by atoms with Crippen LogP contribution in [0.15, 0.2) is 76.2 Å². The van der Waals surface area contributed by atoms with Crippen LogP contribution < -0.4 is 10.6 Å². The predicted molar refractivity (Wildman–Crippen MR) is 98.9 cm³/mol. The molecule has 7 heteroatoms. The van der Waals surface area contributed by atoms with Crippen LogP contribution in [0.25, 0.3) is 0 Å². The van der Waals surface area contributed by atoms with Gasteiger partial charge in [-0.2, -0.15) is 0 Å². The van der Waals surface area contributed by atoms with Crippen LogP contribution in [-0.4, -0.2) is 17.6 Å². The predicted octanol–water partition coefficient (Wildman–Crippen LogP) is 4.40. The molecule has 0 fully saturated rings. The van der Waals surface area contributed by atoms with Gasteiger partial charge >= 0.3 is 0 Å². The minimum atomic E-state index is -0.470. The number of carbonyl (C=O) groups excluding carboxylic acids is 2. The maximum absolute atomic E-state index is 13.5. The highest BCUT2D eigenvalue weighted by Crippen LogP contribution is 2.21. The lowest BCUT2D eigenvalue weighted by molar-refractivity contribution is -0.113. The number of anilines is 2. The third kappa shape index (κ3) is 4.73. The van der Waals surface area contributed by atoms with E-state index in [1.54, 1.807) is 48.5 Å². The highest BCUT2D eigenvalue weighted by atomic mass is 32.2. The molecule has 0 radical (unpaired) electrons. The number of para-hydroxylation sites is 1. The number of thioether (sulfide) groups is 1. The van der Waals surface area contributed by atoms with E-state index in [1.807, 2.05) is 0 Å². The molecule has 0 aliphatic heterocycles. The summed E-state index contributed by atoms with van der Waals surface area (Å²) in [5, 5.41) is 5.24. The summed E-state index contributed by atoms with van der Waals surface area (Å²) in [6, 6.07) is 16.3. The molecule has 0 unspecified atom stereocenters. The molecule has 2 N–H and O–H groups in total. The summed E-state index contributed by atoms with van der Waals surface area (Å²) in [5.74, 6) is -0.724. The Hall–Kier alpha value is -3.06. The molecule has 0 saturated heterocycles. The topological polar surface area (TPSA) is 71.3 Å². The molecule has 0 aliphatic rings. The molecule has 0 saturated carbocycles. The number of benzene rings is 2. The third-order valence-electron chi connectivity index (χ3n) is 3.38. The molecule has 132 valence electrons. The summed E-state index contributed by atoms with van der Waals surface area (Å²) in [7, 11) is 0. The van der Waals surface area contributed by atoms with Crippen LogP contribution >= 0.6 is 11.8 Å². The van der Waals surface area contributed by atoms with E-state index in [0.717, 1.165) is 4.90 Å². The van der Waals surface area contributed by atoms with E-state index in [-0.39, 0.29) is 29.0 Å². The molecule has 1 aromatic heterocycles. The molecular formula is C19H15FN2O3S. The fraction of sp³-hybridized carbons (Fsp3) is 0.0526. The van der Waals surface area contributed by atoms with Crippen molar-refractivity contribution in [2.24, 2.45) is 0 Å². The van der Waals surface area contributed by atoms with E-state index in [4.69, 9.17) is 4.42 Å². The number of rotatable bonds is 6. The minimum absolute atomic E-state index is 0.145. The monoisotopic (exact) mass is 370 g/mol. The molecule has 3 aromatic rings. The summed E-state index contributed by atoms with van der Waals surface area (Å²) in [5.41, 5.74) is 0.778. The molecule has 2 aromatic carbocycles. The van der Waals surface area contributed by atoms with E-state index in [0.29, 0.717) is 5.69 Å². The Balaban J connectivity index is 1.50. The van der Waals surface area contributed by atoms with E-state index >= 15 is 0 Å². The SMILES string of the molecule is O=C(CSc1ccc(NC(=O)c2ccco2)cc1)Nc1ccccc1F. The van der Waals surface area contributed by atoms with Gasteiger partial charge in [0.25, 0.3) is 5.91 Å². The molecule has 0 aliphatic carbocycles. The molecule has 5 nitrogen and oxygen atoms in total. The summed E-state index contributed by atoms with van der Waals surface area (Å²) in [6.45, 7) is 0. The summed E-state index contributed by atoms with van der Waals surface area (Å²) >= 11 is 1.31. The Morgan fingerprint density at radius 2 is 1.73 bits per heavy atom. The van der Waals surface area contributed by atoms with Gasteiger partial charge in [0.15, 0.2) is 5.76 Å². The van der Waals surface area contributed by atoms with Crippen LogP contribution in [-0.2, 0) is 4.79 Å². The van der Waals surface area contributed by atoms with Gasteiger partial charge < -0.3 is 15.1 Å². The van der Waals surface area contributed by atoms with Crippen molar-refractivity contribution in [1.82, 2.24) is 0 Å². The smallest absolute Gasteiger partial charge is 0.291 e. The Morgan fingerprint density at radius 3 is 2.42 bits per heavy atom. The Bertz CT molecular complexity index is 895. The zero-order valence-electron chi connectivity index (χ0n) is 13.6. The lowest BCUT2D eigenvalue weighted by Crippen LogP contribution is -2.14. The molecule has 0 atom stereocenters. The van der Waals surface area contributed by atoms with E-state index in [1.165, 1.54) is 30.2 Å². The van der Waals surface area contributed by atoms with E-state index in [9.17, 15) is 14.0 Å². The summed E-state index contributed by atoms with van der Waals surface area (Å²) in [6.07, 6.45) is 1.43. The van der Waals surface area contributed by atoms with Crippen molar-refractivity contribution in [3.63, 3.8) is 0 Å². The van der Waals surface area contributed by atoms with Crippen LogP contribution in [0.2, 0.25) is 0 Å². The molecule has 3 rings (SSSR count). The van der Waals surface area contributed by atoms with Crippen molar-refractivity contribution in [2.75, 3.05) is 16.4 Å². The molecule has 2 amide bonds. The van der Waals surface area contributed by atoms with Crippen molar-refractivity contribution in [2.45, 2.75) is 4.90 Å². The molecule has 26 heavy (non-hydrogen) atoms. The second kappa shape index (κ2) is 8.35. The average Bonchev–Trinajstić information content (AvgIpc) is 3.18. The van der Waals surface area contributed by atoms with Gasteiger partial charge in [-0.1, -0.05) is 12.1 Å². The highest BCUT2D eigenvalue weighted by Gasteiger charge is 2.09. The van der Waals surface area contributed by atoms with Gasteiger partial charge in [-0.05, 0) is 48.5 Å². The maximum atomic E-state index is 13.5. The van der Waals surface area contributed by atoms with Crippen molar-refractivity contribution in [3.05, 3.63) is 78.5 Å². The van der Waals surface area contributed by atoms with Crippen molar-refractivity contribution in [1.29, 1.82) is 0 Å². The van der Waals surface area contributed by atoms with Crippen LogP contribution in [0.4, 0.5) is 15.8 Å². The highest BCUT2D eigenvalue weighted by molar-refractivity contribution is 8.00. The fourth-order valence-electron chi connectivity index (χ4n) is 2.13. The first kappa shape index (κ1) is 17.8. The van der Waals surface area contributed by atoms with Gasteiger partial charge in [-0.25, -0.2) is 4.39 Å². The summed E-state index contributed by atoms with van der Waals surface area (Å²) < 4.78 is 18.5. The van der Waals surface area contributed by atoms with Gasteiger partial charge in [0.05, 0.1) is 17.7 Å². The van der Waals surface area contributed by atoms with Gasteiger partial charge in [-0.15, -0.1) is 11.8 Å². The fourth-order valence-corrected chi connectivity index (χ4v) is 2.83. The van der Waals surface area contributed by atoms with Gasteiger partial charge in [-0.3, -0.25) is 9.59 Å². The first-order chi connectivity index (χ1) is 12.6. The first-order valence-corrected chi connectivity index (χ1v) is 8.72. The van der Waals surface area contributed by atoms with Crippen molar-refractivity contribution >= 4 is 35.0 Å². The number of carbonyl (C=O) groups is 2. The Labute approximate surface area is 153 Å². The van der Waals surface area contributed by atoms with Gasteiger partial charge in [0, 0.05) is 10.6 Å². The largest absolute Gasteiger partial charge is 0.459 e. The van der Waals surface area contributed by atoms with Gasteiger partial charge in [0.1, 0.15) is 5.82 Å². The van der Waals surface area contributed by atoms with Crippen molar-refractivity contribution < 1.29 is 18.4 Å². The van der Waals surface area contributed by atoms with Crippen LogP contribution in [0, 0.1) is 5.82 Å². The van der Waals surface area contributed by atoms with Crippen LogP contribution in [0.1, 0.15) is 10.6 Å².